The Bertz CT molecular complexity index is 839. The van der Waals surface area contributed by atoms with Crippen molar-refractivity contribution in [1.29, 1.82) is 0 Å². The quantitative estimate of drug-likeness (QED) is 0.486. The lowest BCUT2D eigenvalue weighted by Crippen LogP contribution is -2.17. The fourth-order valence-electron chi connectivity index (χ4n) is 2.25. The molecule has 27 heavy (non-hydrogen) atoms. The minimum atomic E-state index is -0.391. The number of hydrazone groups is 1. The van der Waals surface area contributed by atoms with Crippen LogP contribution in [0, 0.1) is 0 Å². The smallest absolute Gasteiger partial charge is 0.271 e. The number of ether oxygens (including phenoxy) is 3. The van der Waals surface area contributed by atoms with Gasteiger partial charge in [-0.1, -0.05) is 0 Å². The lowest BCUT2D eigenvalue weighted by atomic mass is 10.2. The summed E-state index contributed by atoms with van der Waals surface area (Å²) in [4.78, 5) is 12.3. The Kier molecular flexibility index (Phi) is 7.48. The fraction of sp³-hybridized carbons (Fsp3) is 0.263. The van der Waals surface area contributed by atoms with E-state index in [2.05, 4.69) is 26.5 Å². The van der Waals surface area contributed by atoms with Crippen LogP contribution in [0.2, 0.25) is 0 Å². The molecule has 0 aromatic heterocycles. The maximum Gasteiger partial charge on any atom is 0.271 e. The predicted octanol–water partition coefficient (Wildman–Crippen LogP) is 3.72. The normalized spacial score (nSPS) is 10.7. The van der Waals surface area contributed by atoms with Crippen molar-refractivity contribution in [3.63, 3.8) is 0 Å². The van der Waals surface area contributed by atoms with Gasteiger partial charge in [-0.2, -0.15) is 5.10 Å². The summed E-state index contributed by atoms with van der Waals surface area (Å²) < 4.78 is 16.5. The van der Waals surface area contributed by atoms with Crippen LogP contribution in [0.5, 0.6) is 23.0 Å². The molecule has 0 heterocycles. The highest BCUT2D eigenvalue weighted by Crippen LogP contribution is 2.35. The average Bonchev–Trinajstić information content (AvgIpc) is 2.66. The number of benzene rings is 2. The number of methoxy groups -OCH3 is 1. The molecule has 1 amide bonds. The van der Waals surface area contributed by atoms with E-state index in [9.17, 15) is 9.90 Å². The molecule has 0 saturated heterocycles. The van der Waals surface area contributed by atoms with Crippen molar-refractivity contribution in [2.75, 3.05) is 20.3 Å². The first-order valence-electron chi connectivity index (χ1n) is 8.29. The topological polar surface area (TPSA) is 89.4 Å². The Labute approximate surface area is 166 Å². The standard InChI is InChI=1S/C19H21BrN2O5/c1-4-26-16-10-13(6-7-15(16)25-3)19(24)22-21-11-12-8-14(20)18(23)17(9-12)27-5-2/h6-11,23H,4-5H2,1-3H3,(H,22,24)/b21-11+. The molecule has 8 heteroatoms. The number of nitrogens with one attached hydrogen (secondary N) is 1. The van der Waals surface area contributed by atoms with Gasteiger partial charge in [0.05, 0.1) is 31.0 Å². The molecule has 2 N–H and O–H groups in total. The summed E-state index contributed by atoms with van der Waals surface area (Å²) in [5.41, 5.74) is 3.49. The lowest BCUT2D eigenvalue weighted by Gasteiger charge is -2.10. The number of hydrogen-bond acceptors (Lipinski definition) is 6. The van der Waals surface area contributed by atoms with Crippen LogP contribution in [-0.4, -0.2) is 37.6 Å². The van der Waals surface area contributed by atoms with Crippen molar-refractivity contribution in [2.24, 2.45) is 5.10 Å². The molecule has 2 rings (SSSR count). The second-order valence-electron chi connectivity index (χ2n) is 5.28. The average molecular weight is 437 g/mol. The molecule has 2 aromatic carbocycles. The van der Waals surface area contributed by atoms with Gasteiger partial charge in [0.1, 0.15) is 0 Å². The van der Waals surface area contributed by atoms with Crippen molar-refractivity contribution in [3.8, 4) is 23.0 Å². The third kappa shape index (κ3) is 5.37. The molecule has 144 valence electrons. The summed E-state index contributed by atoms with van der Waals surface area (Å²) in [5, 5.41) is 13.9. The van der Waals surface area contributed by atoms with E-state index in [0.29, 0.717) is 46.1 Å². The molecule has 0 unspecified atom stereocenters. The highest BCUT2D eigenvalue weighted by Gasteiger charge is 2.11. The van der Waals surface area contributed by atoms with Crippen molar-refractivity contribution in [2.45, 2.75) is 13.8 Å². The molecule has 0 aliphatic heterocycles. The zero-order valence-corrected chi connectivity index (χ0v) is 16.9. The molecule has 0 saturated carbocycles. The van der Waals surface area contributed by atoms with Crippen LogP contribution in [0.25, 0.3) is 0 Å². The van der Waals surface area contributed by atoms with E-state index in [4.69, 9.17) is 14.2 Å². The molecule has 0 bridgehead atoms. The van der Waals surface area contributed by atoms with Crippen molar-refractivity contribution >= 4 is 28.1 Å². The second kappa shape index (κ2) is 9.82. The Morgan fingerprint density at radius 3 is 2.52 bits per heavy atom. The summed E-state index contributed by atoms with van der Waals surface area (Å²) in [6.07, 6.45) is 1.46. The van der Waals surface area contributed by atoms with Gasteiger partial charge in [-0.05, 0) is 65.7 Å². The lowest BCUT2D eigenvalue weighted by molar-refractivity contribution is 0.0954. The van der Waals surface area contributed by atoms with Crippen LogP contribution in [0.15, 0.2) is 39.9 Å². The van der Waals surface area contributed by atoms with Crippen LogP contribution >= 0.6 is 15.9 Å². The summed E-state index contributed by atoms with van der Waals surface area (Å²) in [5.74, 6) is 0.989. The molecule has 7 nitrogen and oxygen atoms in total. The Morgan fingerprint density at radius 1 is 1.15 bits per heavy atom. The molecule has 2 aromatic rings. The largest absolute Gasteiger partial charge is 0.503 e. The predicted molar refractivity (Wildman–Crippen MR) is 106 cm³/mol. The third-order valence-corrected chi connectivity index (χ3v) is 4.06. The van der Waals surface area contributed by atoms with Crippen LogP contribution in [0.1, 0.15) is 29.8 Å². The summed E-state index contributed by atoms with van der Waals surface area (Å²) >= 11 is 3.26. The van der Waals surface area contributed by atoms with Gasteiger partial charge in [0, 0.05) is 5.56 Å². The van der Waals surface area contributed by atoms with Crippen molar-refractivity contribution in [3.05, 3.63) is 45.9 Å². The number of carbonyl (C=O) groups excluding carboxylic acids is 1. The molecule has 0 aliphatic carbocycles. The van der Waals surface area contributed by atoms with Crippen LogP contribution < -0.4 is 19.6 Å². The maximum absolute atomic E-state index is 12.3. The zero-order chi connectivity index (χ0) is 19.8. The SMILES string of the molecule is CCOc1cc(C(=O)N/N=C/c2cc(Br)c(O)c(OCC)c2)ccc1OC. The summed E-state index contributed by atoms with van der Waals surface area (Å²) in [6, 6.07) is 8.16. The van der Waals surface area contributed by atoms with E-state index in [1.807, 2.05) is 13.8 Å². The number of rotatable bonds is 8. The van der Waals surface area contributed by atoms with Gasteiger partial charge in [-0.25, -0.2) is 5.43 Å². The highest BCUT2D eigenvalue weighted by atomic mass is 79.9. The minimum Gasteiger partial charge on any atom is -0.503 e. The Morgan fingerprint density at radius 2 is 1.85 bits per heavy atom. The van der Waals surface area contributed by atoms with Gasteiger partial charge in [0.15, 0.2) is 23.0 Å². The highest BCUT2D eigenvalue weighted by molar-refractivity contribution is 9.10. The molecule has 0 aliphatic rings. The number of nitrogens with zero attached hydrogens (tertiary/aromatic N) is 1. The first-order valence-corrected chi connectivity index (χ1v) is 9.09. The van der Waals surface area contributed by atoms with Gasteiger partial charge in [0.2, 0.25) is 0 Å². The second-order valence-corrected chi connectivity index (χ2v) is 6.13. The summed E-state index contributed by atoms with van der Waals surface area (Å²) in [7, 11) is 1.54. The van der Waals surface area contributed by atoms with Crippen molar-refractivity contribution < 1.29 is 24.1 Å². The number of phenols is 1. The van der Waals surface area contributed by atoms with Gasteiger partial charge in [-0.15, -0.1) is 0 Å². The molecular weight excluding hydrogens is 416 g/mol. The molecule has 0 fully saturated rings. The first-order chi connectivity index (χ1) is 13.0. The van der Waals surface area contributed by atoms with Crippen LogP contribution in [-0.2, 0) is 0 Å². The number of halogens is 1. The van der Waals surface area contributed by atoms with Gasteiger partial charge >= 0.3 is 0 Å². The van der Waals surface area contributed by atoms with Crippen LogP contribution in [0.4, 0.5) is 0 Å². The third-order valence-electron chi connectivity index (χ3n) is 3.46. The van der Waals surface area contributed by atoms with Crippen molar-refractivity contribution in [1.82, 2.24) is 5.43 Å². The van der Waals surface area contributed by atoms with E-state index in [1.165, 1.54) is 13.3 Å². The van der Waals surface area contributed by atoms with Gasteiger partial charge in [-0.3, -0.25) is 4.79 Å². The molecular formula is C19H21BrN2O5. The molecule has 0 spiro atoms. The summed E-state index contributed by atoms with van der Waals surface area (Å²) in [6.45, 7) is 4.54. The monoisotopic (exact) mass is 436 g/mol. The van der Waals surface area contributed by atoms with E-state index in [0.717, 1.165) is 0 Å². The Balaban J connectivity index is 2.12. The minimum absolute atomic E-state index is 0.0136. The number of carbonyl (C=O) groups is 1. The number of phenolic OH excluding ortho intramolecular Hbond substituents is 1. The molecule has 0 atom stereocenters. The number of aromatic hydroxyl groups is 1. The Hall–Kier alpha value is -2.74. The van der Waals surface area contributed by atoms with E-state index in [1.54, 1.807) is 30.3 Å². The first kappa shape index (κ1) is 20.6. The van der Waals surface area contributed by atoms with E-state index >= 15 is 0 Å². The van der Waals surface area contributed by atoms with Gasteiger partial charge < -0.3 is 19.3 Å². The number of amides is 1. The fourth-order valence-corrected chi connectivity index (χ4v) is 2.71. The number of hydrogen-bond donors (Lipinski definition) is 2. The van der Waals surface area contributed by atoms with E-state index in [-0.39, 0.29) is 5.75 Å². The molecule has 0 radical (unpaired) electrons. The van der Waals surface area contributed by atoms with Gasteiger partial charge in [0.25, 0.3) is 5.91 Å². The van der Waals surface area contributed by atoms with Crippen LogP contribution in [0.3, 0.4) is 0 Å². The maximum atomic E-state index is 12.3. The zero-order valence-electron chi connectivity index (χ0n) is 15.3. The van der Waals surface area contributed by atoms with E-state index < -0.39 is 5.91 Å².